The number of furan rings is 1. The number of carbonyl (C=O) groups is 1. The van der Waals surface area contributed by atoms with Crippen LogP contribution in [0, 0.1) is 0 Å². The van der Waals surface area contributed by atoms with Crippen molar-refractivity contribution in [3.05, 3.63) is 89.2 Å². The van der Waals surface area contributed by atoms with Crippen LogP contribution < -0.4 is 5.32 Å². The second-order valence-electron chi connectivity index (χ2n) is 5.25. The van der Waals surface area contributed by atoms with Gasteiger partial charge in [0.25, 0.3) is 0 Å². The van der Waals surface area contributed by atoms with Crippen molar-refractivity contribution in [3.63, 3.8) is 0 Å². The number of hydrogen-bond donors (Lipinski definition) is 1. The van der Waals surface area contributed by atoms with Gasteiger partial charge >= 0.3 is 0 Å². The fourth-order valence-corrected chi connectivity index (χ4v) is 2.43. The summed E-state index contributed by atoms with van der Waals surface area (Å²) in [6, 6.07) is 20.9. The first kappa shape index (κ1) is 16.1. The van der Waals surface area contributed by atoms with Gasteiger partial charge in [-0.3, -0.25) is 4.79 Å². The molecule has 3 rings (SSSR count). The van der Waals surface area contributed by atoms with E-state index >= 15 is 0 Å². The molecule has 0 aliphatic carbocycles. The van der Waals surface area contributed by atoms with Crippen LogP contribution in [-0.4, -0.2) is 5.91 Å². The predicted octanol–water partition coefficient (Wildman–Crippen LogP) is 4.93. The molecule has 0 atom stereocenters. The standard InChI is InChI=1S/C20H16ClNO2/c21-17-8-4-7-16(13-17)19-11-9-18(24-19)10-12-20(23)22-14-15-5-2-1-3-6-15/h1-13H,14H2,(H,22,23)/b12-10+. The van der Waals surface area contributed by atoms with E-state index < -0.39 is 0 Å². The normalized spacial score (nSPS) is 10.9. The molecule has 1 amide bonds. The van der Waals surface area contributed by atoms with Crippen LogP contribution in [-0.2, 0) is 11.3 Å². The van der Waals surface area contributed by atoms with E-state index in [4.69, 9.17) is 16.0 Å². The van der Waals surface area contributed by atoms with Crippen LogP contribution >= 0.6 is 11.6 Å². The van der Waals surface area contributed by atoms with E-state index in [-0.39, 0.29) is 5.91 Å². The minimum absolute atomic E-state index is 0.167. The highest BCUT2D eigenvalue weighted by Gasteiger charge is 2.04. The number of carbonyl (C=O) groups excluding carboxylic acids is 1. The monoisotopic (exact) mass is 337 g/mol. The maximum Gasteiger partial charge on any atom is 0.244 e. The molecule has 1 heterocycles. The van der Waals surface area contributed by atoms with Gasteiger partial charge in [-0.2, -0.15) is 0 Å². The SMILES string of the molecule is O=C(/C=C/c1ccc(-c2cccc(Cl)c2)o1)NCc1ccccc1. The minimum atomic E-state index is -0.167. The molecule has 2 aromatic carbocycles. The summed E-state index contributed by atoms with van der Waals surface area (Å²) >= 11 is 5.98. The quantitative estimate of drug-likeness (QED) is 0.671. The number of halogens is 1. The lowest BCUT2D eigenvalue weighted by Crippen LogP contribution is -2.20. The number of nitrogens with one attached hydrogen (secondary N) is 1. The minimum Gasteiger partial charge on any atom is -0.457 e. The first-order chi connectivity index (χ1) is 11.7. The highest BCUT2D eigenvalue weighted by atomic mass is 35.5. The van der Waals surface area contributed by atoms with Gasteiger partial charge in [0.15, 0.2) is 0 Å². The Hall–Kier alpha value is -2.78. The Morgan fingerprint density at radius 1 is 1.04 bits per heavy atom. The van der Waals surface area contributed by atoms with Crippen LogP contribution in [0.3, 0.4) is 0 Å². The van der Waals surface area contributed by atoms with Gasteiger partial charge in [0.2, 0.25) is 5.91 Å². The summed E-state index contributed by atoms with van der Waals surface area (Å²) in [6.45, 7) is 0.496. The molecule has 120 valence electrons. The van der Waals surface area contributed by atoms with Crippen molar-refractivity contribution in [3.8, 4) is 11.3 Å². The topological polar surface area (TPSA) is 42.2 Å². The number of amides is 1. The molecule has 0 bridgehead atoms. The smallest absolute Gasteiger partial charge is 0.244 e. The highest BCUT2D eigenvalue weighted by Crippen LogP contribution is 2.25. The number of benzene rings is 2. The molecule has 24 heavy (non-hydrogen) atoms. The van der Waals surface area contributed by atoms with Gasteiger partial charge in [0.05, 0.1) is 0 Å². The molecule has 3 nitrogen and oxygen atoms in total. The first-order valence-corrected chi connectivity index (χ1v) is 7.94. The summed E-state index contributed by atoms with van der Waals surface area (Å²) in [7, 11) is 0. The predicted molar refractivity (Wildman–Crippen MR) is 96.5 cm³/mol. The summed E-state index contributed by atoms with van der Waals surface area (Å²) in [5, 5.41) is 3.48. The van der Waals surface area contributed by atoms with E-state index in [1.807, 2.05) is 66.7 Å². The Bertz CT molecular complexity index is 853. The molecule has 0 fully saturated rings. The summed E-state index contributed by atoms with van der Waals surface area (Å²) in [5.41, 5.74) is 1.95. The lowest BCUT2D eigenvalue weighted by molar-refractivity contribution is -0.116. The maximum absolute atomic E-state index is 11.9. The maximum atomic E-state index is 11.9. The molecular formula is C20H16ClNO2. The van der Waals surface area contributed by atoms with Gasteiger partial charge in [-0.25, -0.2) is 0 Å². The third-order valence-corrected chi connectivity index (χ3v) is 3.68. The van der Waals surface area contributed by atoms with Crippen molar-refractivity contribution in [2.75, 3.05) is 0 Å². The van der Waals surface area contributed by atoms with Crippen LogP contribution in [0.4, 0.5) is 0 Å². The molecule has 0 saturated carbocycles. The Labute approximate surface area is 145 Å². The van der Waals surface area contributed by atoms with Gasteiger partial charge in [-0.15, -0.1) is 0 Å². The van der Waals surface area contributed by atoms with Crippen molar-refractivity contribution in [1.82, 2.24) is 5.32 Å². The molecule has 0 unspecified atom stereocenters. The lowest BCUT2D eigenvalue weighted by atomic mass is 10.2. The zero-order valence-electron chi connectivity index (χ0n) is 12.9. The van der Waals surface area contributed by atoms with Crippen molar-refractivity contribution in [1.29, 1.82) is 0 Å². The van der Waals surface area contributed by atoms with Gasteiger partial charge in [-0.1, -0.05) is 54.1 Å². The molecule has 0 spiro atoms. The van der Waals surface area contributed by atoms with E-state index in [1.54, 1.807) is 6.08 Å². The largest absolute Gasteiger partial charge is 0.457 e. The average molecular weight is 338 g/mol. The van der Waals surface area contributed by atoms with Gasteiger partial charge in [-0.05, 0) is 35.9 Å². The Kier molecular flexibility index (Phi) is 5.14. The van der Waals surface area contributed by atoms with Crippen molar-refractivity contribution in [2.24, 2.45) is 0 Å². The van der Waals surface area contributed by atoms with Crippen LogP contribution in [0.5, 0.6) is 0 Å². The molecule has 1 N–H and O–H groups in total. The highest BCUT2D eigenvalue weighted by molar-refractivity contribution is 6.30. The Morgan fingerprint density at radius 2 is 1.88 bits per heavy atom. The van der Waals surface area contributed by atoms with E-state index in [9.17, 15) is 4.79 Å². The molecule has 0 aliphatic rings. The third kappa shape index (κ3) is 4.37. The molecule has 1 aromatic heterocycles. The van der Waals surface area contributed by atoms with E-state index in [0.717, 1.165) is 11.1 Å². The average Bonchev–Trinajstić information content (AvgIpc) is 3.08. The summed E-state index contributed by atoms with van der Waals surface area (Å²) in [5.74, 6) is 1.15. The van der Waals surface area contributed by atoms with Crippen molar-refractivity contribution < 1.29 is 9.21 Å². The molecule has 0 aliphatic heterocycles. The van der Waals surface area contributed by atoms with Crippen molar-refractivity contribution in [2.45, 2.75) is 6.54 Å². The van der Waals surface area contributed by atoms with Gasteiger partial charge in [0, 0.05) is 23.2 Å². The van der Waals surface area contributed by atoms with Gasteiger partial charge in [0.1, 0.15) is 11.5 Å². The molecule has 0 saturated heterocycles. The summed E-state index contributed by atoms with van der Waals surface area (Å²) < 4.78 is 5.71. The fraction of sp³-hybridized carbons (Fsp3) is 0.0500. The fourth-order valence-electron chi connectivity index (χ4n) is 2.24. The van der Waals surface area contributed by atoms with Crippen LogP contribution in [0.15, 0.2) is 77.2 Å². The summed E-state index contributed by atoms with van der Waals surface area (Å²) in [4.78, 5) is 11.9. The first-order valence-electron chi connectivity index (χ1n) is 7.56. The molecular weight excluding hydrogens is 322 g/mol. The number of hydrogen-bond acceptors (Lipinski definition) is 2. The van der Waals surface area contributed by atoms with E-state index in [1.165, 1.54) is 6.08 Å². The van der Waals surface area contributed by atoms with Gasteiger partial charge < -0.3 is 9.73 Å². The van der Waals surface area contributed by atoms with Crippen LogP contribution in [0.25, 0.3) is 17.4 Å². The van der Waals surface area contributed by atoms with Crippen LogP contribution in [0.2, 0.25) is 5.02 Å². The Balaban J connectivity index is 1.59. The molecule has 0 radical (unpaired) electrons. The van der Waals surface area contributed by atoms with E-state index in [2.05, 4.69) is 5.32 Å². The van der Waals surface area contributed by atoms with E-state index in [0.29, 0.717) is 23.1 Å². The lowest BCUT2D eigenvalue weighted by Gasteiger charge is -2.01. The molecule has 3 aromatic rings. The van der Waals surface area contributed by atoms with Crippen molar-refractivity contribution >= 4 is 23.6 Å². The summed E-state index contributed by atoms with van der Waals surface area (Å²) in [6.07, 6.45) is 3.11. The second kappa shape index (κ2) is 7.66. The zero-order chi connectivity index (χ0) is 16.8. The number of rotatable bonds is 5. The Morgan fingerprint density at radius 3 is 2.67 bits per heavy atom. The molecule has 4 heteroatoms. The second-order valence-corrected chi connectivity index (χ2v) is 5.69. The zero-order valence-corrected chi connectivity index (χ0v) is 13.7. The third-order valence-electron chi connectivity index (χ3n) is 3.44. The van der Waals surface area contributed by atoms with Crippen LogP contribution in [0.1, 0.15) is 11.3 Å².